The molecule has 118 valence electrons. The molecule has 23 heavy (non-hydrogen) atoms. The van der Waals surface area contributed by atoms with E-state index >= 15 is 0 Å². The molecule has 0 aliphatic carbocycles. The van der Waals surface area contributed by atoms with Crippen molar-refractivity contribution >= 4 is 40.2 Å². The molecule has 2 aromatic heterocycles. The second-order valence-corrected chi connectivity index (χ2v) is 7.49. The molecule has 4 nitrogen and oxygen atoms in total. The maximum atomic E-state index is 12.1. The van der Waals surface area contributed by atoms with Crippen molar-refractivity contribution in [2.75, 3.05) is 0 Å². The van der Waals surface area contributed by atoms with Crippen LogP contribution in [0.5, 0.6) is 0 Å². The predicted molar refractivity (Wildman–Crippen MR) is 92.9 cm³/mol. The van der Waals surface area contributed by atoms with Gasteiger partial charge in [-0.1, -0.05) is 26.8 Å². The Morgan fingerprint density at radius 2 is 2.04 bits per heavy atom. The summed E-state index contributed by atoms with van der Waals surface area (Å²) in [5.74, 6) is -0.0126. The van der Waals surface area contributed by atoms with E-state index in [1.807, 2.05) is 51.1 Å². The third-order valence-electron chi connectivity index (χ3n) is 3.46. The van der Waals surface area contributed by atoms with Crippen molar-refractivity contribution in [1.29, 1.82) is 0 Å². The molecule has 0 aliphatic heterocycles. The lowest BCUT2D eigenvalue weighted by Gasteiger charge is -2.12. The molecule has 0 saturated heterocycles. The van der Waals surface area contributed by atoms with Gasteiger partial charge in [-0.3, -0.25) is 9.59 Å². The molecule has 0 spiro atoms. The first kappa shape index (κ1) is 15.5. The first-order valence-electron chi connectivity index (χ1n) is 7.27. The van der Waals surface area contributed by atoms with Crippen LogP contribution in [-0.4, -0.2) is 10.8 Å². The van der Waals surface area contributed by atoms with Crippen molar-refractivity contribution in [3.05, 3.63) is 55.6 Å². The smallest absolute Gasteiger partial charge is 0.266 e. The maximum absolute atomic E-state index is 12.1. The minimum Gasteiger partial charge on any atom is -0.464 e. The summed E-state index contributed by atoms with van der Waals surface area (Å²) in [6, 6.07) is 7.61. The van der Waals surface area contributed by atoms with E-state index in [9.17, 15) is 9.59 Å². The van der Waals surface area contributed by atoms with Crippen LogP contribution in [-0.2, 0) is 4.79 Å². The van der Waals surface area contributed by atoms with Gasteiger partial charge in [0.25, 0.3) is 5.56 Å². The Morgan fingerprint density at radius 1 is 1.26 bits per heavy atom. The monoisotopic (exact) mass is 327 g/mol. The van der Waals surface area contributed by atoms with Gasteiger partial charge in [0.15, 0.2) is 5.78 Å². The van der Waals surface area contributed by atoms with E-state index < -0.39 is 5.41 Å². The van der Waals surface area contributed by atoms with E-state index in [0.717, 1.165) is 16.5 Å². The average Bonchev–Trinajstić information content (AvgIpc) is 3.04. The van der Waals surface area contributed by atoms with E-state index in [0.29, 0.717) is 9.20 Å². The molecule has 0 unspecified atom stereocenters. The lowest BCUT2D eigenvalue weighted by Crippen LogP contribution is -2.22. The minimum atomic E-state index is -0.461. The van der Waals surface area contributed by atoms with Crippen LogP contribution in [0.4, 0.5) is 0 Å². The van der Waals surface area contributed by atoms with Crippen LogP contribution in [0.2, 0.25) is 0 Å². The topological polar surface area (TPSA) is 63.1 Å². The van der Waals surface area contributed by atoms with Crippen molar-refractivity contribution in [3.8, 4) is 0 Å². The summed E-state index contributed by atoms with van der Waals surface area (Å²) in [6.45, 7) is 5.56. The number of aromatic amines is 1. The molecular formula is C18H17NO3S. The summed E-state index contributed by atoms with van der Waals surface area (Å²) in [5.41, 5.74) is 1.08. The Bertz CT molecular complexity index is 1040. The fourth-order valence-corrected chi connectivity index (χ4v) is 2.97. The number of Topliss-reactive ketones (excluding diaryl/α,β-unsaturated/α-hetero) is 1. The predicted octanol–water partition coefficient (Wildman–Crippen LogP) is 2.41. The minimum absolute atomic E-state index is 0.0126. The van der Waals surface area contributed by atoms with Crippen LogP contribution in [0.3, 0.4) is 0 Å². The molecule has 0 atom stereocenters. The summed E-state index contributed by atoms with van der Waals surface area (Å²) in [7, 11) is 0. The highest BCUT2D eigenvalue weighted by molar-refractivity contribution is 7.07. The number of ketones is 1. The molecule has 0 radical (unpaired) electrons. The molecule has 1 aromatic carbocycles. The van der Waals surface area contributed by atoms with E-state index in [1.54, 1.807) is 6.26 Å². The molecule has 0 aliphatic rings. The fraction of sp³-hybridized carbons (Fsp3) is 0.222. The number of aromatic nitrogens is 1. The Labute approximate surface area is 136 Å². The van der Waals surface area contributed by atoms with Gasteiger partial charge in [-0.2, -0.15) is 0 Å². The van der Waals surface area contributed by atoms with Crippen molar-refractivity contribution in [3.63, 3.8) is 0 Å². The summed E-state index contributed by atoms with van der Waals surface area (Å²) in [4.78, 5) is 26.8. The van der Waals surface area contributed by atoms with Crippen molar-refractivity contribution in [1.82, 2.24) is 4.98 Å². The number of hydrogen-bond acceptors (Lipinski definition) is 4. The average molecular weight is 327 g/mol. The second kappa shape index (κ2) is 5.66. The number of thiazole rings is 1. The SMILES string of the molecule is CC(C)(C)C(=O)/C=c1\[nH]c(=O)/c(=C/c2ccc3occc3c2)s1. The number of furan rings is 1. The van der Waals surface area contributed by atoms with Crippen LogP contribution >= 0.6 is 11.3 Å². The van der Waals surface area contributed by atoms with Crippen molar-refractivity contribution < 1.29 is 9.21 Å². The Kier molecular flexibility index (Phi) is 3.82. The number of carbonyl (C=O) groups is 1. The normalized spacial score (nSPS) is 13.9. The molecule has 2 heterocycles. The number of nitrogens with one attached hydrogen (secondary N) is 1. The van der Waals surface area contributed by atoms with Gasteiger partial charge in [-0.15, -0.1) is 11.3 Å². The fourth-order valence-electron chi connectivity index (χ4n) is 2.09. The third kappa shape index (κ3) is 3.35. The first-order valence-corrected chi connectivity index (χ1v) is 8.09. The van der Waals surface area contributed by atoms with Crippen LogP contribution in [0.15, 0.2) is 39.7 Å². The van der Waals surface area contributed by atoms with Gasteiger partial charge in [0, 0.05) is 16.9 Å². The van der Waals surface area contributed by atoms with Gasteiger partial charge in [-0.25, -0.2) is 0 Å². The molecular weight excluding hydrogens is 310 g/mol. The van der Waals surface area contributed by atoms with Crippen molar-refractivity contribution in [2.45, 2.75) is 20.8 Å². The maximum Gasteiger partial charge on any atom is 0.266 e. The van der Waals surface area contributed by atoms with E-state index in [1.165, 1.54) is 17.4 Å². The van der Waals surface area contributed by atoms with Gasteiger partial charge in [0.2, 0.25) is 0 Å². The number of benzene rings is 1. The Morgan fingerprint density at radius 3 is 2.78 bits per heavy atom. The molecule has 1 N–H and O–H groups in total. The summed E-state index contributed by atoms with van der Waals surface area (Å²) < 4.78 is 6.45. The number of hydrogen-bond donors (Lipinski definition) is 1. The van der Waals surface area contributed by atoms with Crippen molar-refractivity contribution in [2.24, 2.45) is 5.41 Å². The van der Waals surface area contributed by atoms with Crippen LogP contribution in [0.1, 0.15) is 26.3 Å². The van der Waals surface area contributed by atoms with Crippen LogP contribution < -0.4 is 14.8 Å². The molecule has 3 aromatic rings. The molecule has 0 amide bonds. The Hall–Kier alpha value is -2.40. The van der Waals surface area contributed by atoms with Crippen LogP contribution in [0.25, 0.3) is 23.1 Å². The lowest BCUT2D eigenvalue weighted by molar-refractivity contribution is -0.119. The standard InChI is InChI=1S/C18H17NO3S/c1-18(2,3)15(20)10-16-19-17(21)14(23-16)9-11-4-5-13-12(8-11)6-7-22-13/h4-10H,1-3H3,(H,19,21)/b14-9-,16-10+. The van der Waals surface area contributed by atoms with Crippen LogP contribution in [0, 0.1) is 5.41 Å². The number of fused-ring (bicyclic) bond motifs is 1. The highest BCUT2D eigenvalue weighted by Crippen LogP contribution is 2.17. The van der Waals surface area contributed by atoms with E-state index in [2.05, 4.69) is 4.98 Å². The zero-order chi connectivity index (χ0) is 16.6. The van der Waals surface area contributed by atoms with Gasteiger partial charge in [0.1, 0.15) is 5.58 Å². The number of H-pyrrole nitrogens is 1. The molecule has 0 saturated carbocycles. The molecule has 3 rings (SSSR count). The quantitative estimate of drug-likeness (QED) is 0.786. The largest absolute Gasteiger partial charge is 0.464 e. The van der Waals surface area contributed by atoms with Gasteiger partial charge in [0.05, 0.1) is 15.5 Å². The van der Waals surface area contributed by atoms with Gasteiger partial charge >= 0.3 is 0 Å². The van der Waals surface area contributed by atoms with Gasteiger partial charge < -0.3 is 9.40 Å². The lowest BCUT2D eigenvalue weighted by atomic mass is 9.91. The van der Waals surface area contributed by atoms with E-state index in [-0.39, 0.29) is 11.3 Å². The van der Waals surface area contributed by atoms with E-state index in [4.69, 9.17) is 4.42 Å². The molecule has 5 heteroatoms. The number of carbonyl (C=O) groups excluding carboxylic acids is 1. The molecule has 0 bridgehead atoms. The second-order valence-electron chi connectivity index (χ2n) is 6.41. The summed E-state index contributed by atoms with van der Waals surface area (Å²) in [6.07, 6.45) is 4.95. The first-order chi connectivity index (χ1) is 10.8. The highest BCUT2D eigenvalue weighted by atomic mass is 32.1. The zero-order valence-electron chi connectivity index (χ0n) is 13.2. The summed E-state index contributed by atoms with van der Waals surface area (Å²) >= 11 is 1.28. The highest BCUT2D eigenvalue weighted by Gasteiger charge is 2.18. The third-order valence-corrected chi connectivity index (χ3v) is 4.42. The van der Waals surface area contributed by atoms with Gasteiger partial charge in [-0.05, 0) is 29.8 Å². The summed E-state index contributed by atoms with van der Waals surface area (Å²) in [5, 5.41) is 0.987. The number of rotatable bonds is 2. The molecule has 0 fully saturated rings. The Balaban J connectivity index is 2.05. The zero-order valence-corrected chi connectivity index (χ0v) is 14.0.